The zero-order chi connectivity index (χ0) is 13.0. The summed E-state index contributed by atoms with van der Waals surface area (Å²) < 4.78 is 5.99. The number of rotatable bonds is 3. The highest BCUT2D eigenvalue weighted by molar-refractivity contribution is 14.1. The number of halogens is 1. The lowest BCUT2D eigenvalue weighted by molar-refractivity contribution is -0.149. The standard InChI is InChI=1S/C15H21IO2/c1-10(2)13(17)18-9-14-4-11-3-12(5-14)7-15(16,6-11)8-14/h11-12H,1,3-9H2,2H3. The topological polar surface area (TPSA) is 26.3 Å². The van der Waals surface area contributed by atoms with Gasteiger partial charge in [0.15, 0.2) is 0 Å². The highest BCUT2D eigenvalue weighted by Crippen LogP contribution is 2.64. The van der Waals surface area contributed by atoms with E-state index in [0.29, 0.717) is 15.6 Å². The maximum Gasteiger partial charge on any atom is 0.333 e. The molecule has 0 radical (unpaired) electrons. The molecule has 4 bridgehead atoms. The number of esters is 1. The van der Waals surface area contributed by atoms with Crippen LogP contribution in [0.1, 0.15) is 45.4 Å². The van der Waals surface area contributed by atoms with Gasteiger partial charge >= 0.3 is 5.97 Å². The lowest BCUT2D eigenvalue weighted by Gasteiger charge is -2.60. The van der Waals surface area contributed by atoms with E-state index < -0.39 is 0 Å². The third-order valence-electron chi connectivity index (χ3n) is 4.97. The minimum Gasteiger partial charge on any atom is -0.462 e. The zero-order valence-electron chi connectivity index (χ0n) is 11.0. The minimum absolute atomic E-state index is 0.215. The Morgan fingerprint density at radius 2 is 1.94 bits per heavy atom. The number of carbonyl (C=O) groups is 1. The van der Waals surface area contributed by atoms with Crippen molar-refractivity contribution in [2.24, 2.45) is 17.3 Å². The molecular formula is C15H21IO2. The average Bonchev–Trinajstić information content (AvgIpc) is 2.22. The van der Waals surface area contributed by atoms with Gasteiger partial charge in [-0.3, -0.25) is 0 Å². The quantitative estimate of drug-likeness (QED) is 0.331. The van der Waals surface area contributed by atoms with Gasteiger partial charge in [-0.2, -0.15) is 0 Å². The Morgan fingerprint density at radius 3 is 2.44 bits per heavy atom. The molecule has 4 saturated carbocycles. The molecule has 0 aromatic carbocycles. The van der Waals surface area contributed by atoms with E-state index in [1.807, 2.05) is 0 Å². The van der Waals surface area contributed by atoms with Crippen LogP contribution in [-0.4, -0.2) is 16.0 Å². The summed E-state index contributed by atoms with van der Waals surface area (Å²) in [4.78, 5) is 11.6. The molecule has 0 N–H and O–H groups in total. The van der Waals surface area contributed by atoms with Crippen molar-refractivity contribution in [3.05, 3.63) is 12.2 Å². The Hall–Kier alpha value is -0.0600. The summed E-state index contributed by atoms with van der Waals surface area (Å²) in [6, 6.07) is 0. The molecule has 2 unspecified atom stereocenters. The fraction of sp³-hybridized carbons (Fsp3) is 0.800. The second-order valence-electron chi connectivity index (χ2n) is 6.97. The van der Waals surface area contributed by atoms with Crippen LogP contribution in [-0.2, 0) is 9.53 Å². The van der Waals surface area contributed by atoms with Gasteiger partial charge in [0.1, 0.15) is 0 Å². The predicted molar refractivity (Wildman–Crippen MR) is 79.6 cm³/mol. The summed E-state index contributed by atoms with van der Waals surface area (Å²) in [6.45, 7) is 6.00. The number of alkyl halides is 1. The van der Waals surface area contributed by atoms with Gasteiger partial charge in [-0.25, -0.2) is 4.79 Å². The summed E-state index contributed by atoms with van der Waals surface area (Å²) in [5, 5.41) is 0. The van der Waals surface area contributed by atoms with E-state index in [-0.39, 0.29) is 11.4 Å². The zero-order valence-corrected chi connectivity index (χ0v) is 13.2. The average molecular weight is 360 g/mol. The molecule has 4 rings (SSSR count). The van der Waals surface area contributed by atoms with Crippen LogP contribution in [0.25, 0.3) is 0 Å². The van der Waals surface area contributed by atoms with Crippen LogP contribution in [0.3, 0.4) is 0 Å². The SMILES string of the molecule is C=C(C)C(=O)OCC12CC3CC(CC(I)(C3)C1)C2. The van der Waals surface area contributed by atoms with Crippen molar-refractivity contribution in [1.29, 1.82) is 0 Å². The molecule has 100 valence electrons. The van der Waals surface area contributed by atoms with Crippen molar-refractivity contribution in [1.82, 2.24) is 0 Å². The smallest absolute Gasteiger partial charge is 0.333 e. The summed E-state index contributed by atoms with van der Waals surface area (Å²) in [7, 11) is 0. The molecule has 0 aromatic heterocycles. The van der Waals surface area contributed by atoms with Gasteiger partial charge in [0.05, 0.1) is 6.61 Å². The molecule has 2 nitrogen and oxygen atoms in total. The molecular weight excluding hydrogens is 339 g/mol. The van der Waals surface area contributed by atoms with Crippen LogP contribution in [0.5, 0.6) is 0 Å². The van der Waals surface area contributed by atoms with Crippen LogP contribution in [0.2, 0.25) is 0 Å². The Kier molecular flexibility index (Phi) is 3.03. The number of hydrogen-bond acceptors (Lipinski definition) is 2. The van der Waals surface area contributed by atoms with Crippen LogP contribution < -0.4 is 0 Å². The summed E-state index contributed by atoms with van der Waals surface area (Å²) in [6.07, 6.45) is 7.99. The first-order chi connectivity index (χ1) is 8.40. The largest absolute Gasteiger partial charge is 0.462 e. The molecule has 0 saturated heterocycles. The van der Waals surface area contributed by atoms with Gasteiger partial charge in [-0.1, -0.05) is 29.2 Å². The Bertz CT molecular complexity index is 387. The minimum atomic E-state index is -0.215. The van der Waals surface area contributed by atoms with Crippen molar-refractivity contribution >= 4 is 28.6 Å². The third-order valence-corrected chi connectivity index (χ3v) is 6.23. The molecule has 2 atom stereocenters. The Labute approximate surface area is 123 Å². The lowest BCUT2D eigenvalue weighted by Crippen LogP contribution is -2.54. The van der Waals surface area contributed by atoms with Gasteiger partial charge in [0.25, 0.3) is 0 Å². The van der Waals surface area contributed by atoms with Crippen LogP contribution in [0.15, 0.2) is 12.2 Å². The molecule has 3 heteroatoms. The molecule has 0 aromatic rings. The van der Waals surface area contributed by atoms with Crippen LogP contribution in [0, 0.1) is 17.3 Å². The van der Waals surface area contributed by atoms with Crippen molar-refractivity contribution in [2.75, 3.05) is 6.61 Å². The van der Waals surface area contributed by atoms with Crippen LogP contribution in [0.4, 0.5) is 0 Å². The second kappa shape index (κ2) is 4.22. The van der Waals surface area contributed by atoms with E-state index in [0.717, 1.165) is 11.8 Å². The van der Waals surface area contributed by atoms with Crippen LogP contribution >= 0.6 is 22.6 Å². The summed E-state index contributed by atoms with van der Waals surface area (Å²) >= 11 is 2.69. The molecule has 0 amide bonds. The van der Waals surface area contributed by atoms with Gasteiger partial charge in [0, 0.05) is 14.4 Å². The number of carbonyl (C=O) groups excluding carboxylic acids is 1. The van der Waals surface area contributed by atoms with Crippen molar-refractivity contribution < 1.29 is 9.53 Å². The number of ether oxygens (including phenoxy) is 1. The summed E-state index contributed by atoms with van der Waals surface area (Å²) in [5.41, 5.74) is 0.806. The van der Waals surface area contributed by atoms with Gasteiger partial charge < -0.3 is 4.74 Å². The van der Waals surface area contributed by atoms with Crippen molar-refractivity contribution in [3.63, 3.8) is 0 Å². The highest BCUT2D eigenvalue weighted by Gasteiger charge is 2.57. The van der Waals surface area contributed by atoms with E-state index in [4.69, 9.17) is 4.74 Å². The van der Waals surface area contributed by atoms with E-state index >= 15 is 0 Å². The predicted octanol–water partition coefficient (Wildman–Crippen LogP) is 3.88. The molecule has 18 heavy (non-hydrogen) atoms. The lowest BCUT2D eigenvalue weighted by atomic mass is 9.50. The Morgan fingerprint density at radius 1 is 1.33 bits per heavy atom. The fourth-order valence-corrected chi connectivity index (χ4v) is 6.90. The van der Waals surface area contributed by atoms with E-state index in [1.54, 1.807) is 6.92 Å². The van der Waals surface area contributed by atoms with Gasteiger partial charge in [-0.05, 0) is 57.3 Å². The van der Waals surface area contributed by atoms with Gasteiger partial charge in [0.2, 0.25) is 0 Å². The second-order valence-corrected chi connectivity index (χ2v) is 9.26. The first-order valence-corrected chi connectivity index (χ1v) is 7.99. The van der Waals surface area contributed by atoms with E-state index in [1.165, 1.54) is 38.5 Å². The third kappa shape index (κ3) is 2.23. The monoisotopic (exact) mass is 360 g/mol. The molecule has 4 fully saturated rings. The summed E-state index contributed by atoms with van der Waals surface area (Å²) in [5.74, 6) is 1.55. The fourth-order valence-electron chi connectivity index (χ4n) is 4.85. The van der Waals surface area contributed by atoms with Crippen molar-refractivity contribution in [2.45, 2.75) is 48.9 Å². The van der Waals surface area contributed by atoms with Crippen molar-refractivity contribution in [3.8, 4) is 0 Å². The molecule has 0 aliphatic heterocycles. The highest BCUT2D eigenvalue weighted by atomic mass is 127. The number of hydrogen-bond donors (Lipinski definition) is 0. The first-order valence-electron chi connectivity index (χ1n) is 6.91. The van der Waals surface area contributed by atoms with E-state index in [9.17, 15) is 4.79 Å². The molecule has 0 heterocycles. The van der Waals surface area contributed by atoms with Gasteiger partial charge in [-0.15, -0.1) is 0 Å². The molecule has 0 spiro atoms. The normalized spacial score (nSPS) is 45.0. The first kappa shape index (κ1) is 12.9. The molecule has 4 aliphatic rings. The molecule has 4 aliphatic carbocycles. The maximum absolute atomic E-state index is 11.6. The Balaban J connectivity index is 1.71. The van der Waals surface area contributed by atoms with E-state index in [2.05, 4.69) is 29.2 Å². The maximum atomic E-state index is 11.6.